The molecule has 0 saturated heterocycles. The number of thioether (sulfide) groups is 1. The summed E-state index contributed by atoms with van der Waals surface area (Å²) in [4.78, 5) is 0. The van der Waals surface area contributed by atoms with Crippen molar-refractivity contribution in [2.24, 2.45) is 0 Å². The zero-order chi connectivity index (χ0) is 11.1. The van der Waals surface area contributed by atoms with Crippen molar-refractivity contribution in [1.29, 1.82) is 0 Å². The molecule has 1 aromatic rings. The summed E-state index contributed by atoms with van der Waals surface area (Å²) in [6.45, 7) is 4.35. The second-order valence-electron chi connectivity index (χ2n) is 2.42. The average molecular weight is 268 g/mol. The molecule has 0 N–H and O–H groups in total. The fourth-order valence-electron chi connectivity index (χ4n) is 0.865. The largest absolute Gasteiger partial charge is 0.340 e. The van der Waals surface area contributed by atoms with E-state index in [4.69, 9.17) is 9.05 Å². The van der Waals surface area contributed by atoms with Crippen LogP contribution in [0.2, 0.25) is 0 Å². The van der Waals surface area contributed by atoms with Crippen molar-refractivity contribution in [3.63, 3.8) is 0 Å². The highest BCUT2D eigenvalue weighted by Crippen LogP contribution is 2.52. The van der Waals surface area contributed by atoms with E-state index in [1.165, 1.54) is 23.1 Å². The van der Waals surface area contributed by atoms with Crippen LogP contribution in [0.5, 0.6) is 0 Å². The first-order chi connectivity index (χ1) is 7.20. The number of hydrogen-bond donors (Lipinski definition) is 0. The molecule has 0 aliphatic carbocycles. The molecule has 0 radical (unpaired) electrons. The molecule has 0 spiro atoms. The van der Waals surface area contributed by atoms with Gasteiger partial charge >= 0.3 is 7.60 Å². The normalized spacial score (nSPS) is 11.9. The Morgan fingerprint density at radius 2 is 2.13 bits per heavy atom. The van der Waals surface area contributed by atoms with Gasteiger partial charge in [-0.1, -0.05) is 23.1 Å². The van der Waals surface area contributed by atoms with Crippen LogP contribution < -0.4 is 0 Å². The number of rotatable bonds is 7. The van der Waals surface area contributed by atoms with Gasteiger partial charge in [0.2, 0.25) is 0 Å². The number of hydrogen-bond acceptors (Lipinski definition) is 7. The second kappa shape index (κ2) is 6.60. The maximum absolute atomic E-state index is 12.0. The van der Waals surface area contributed by atoms with Crippen LogP contribution in [0, 0.1) is 0 Å². The Kier molecular flexibility index (Phi) is 5.78. The molecule has 0 amide bonds. The predicted molar refractivity (Wildman–Crippen MR) is 61.5 cm³/mol. The SMILES string of the molecule is CCOP(=O)(CSc1nncs1)OCC. The van der Waals surface area contributed by atoms with Crippen molar-refractivity contribution in [3.05, 3.63) is 5.51 Å². The Labute approximate surface area is 97.1 Å². The van der Waals surface area contributed by atoms with Crippen LogP contribution in [0.4, 0.5) is 0 Å². The van der Waals surface area contributed by atoms with Crippen LogP contribution in [0.25, 0.3) is 0 Å². The van der Waals surface area contributed by atoms with Crippen LogP contribution in [-0.2, 0) is 13.6 Å². The zero-order valence-corrected chi connectivity index (χ0v) is 11.1. The molecular formula is C7H13N2O3PS2. The maximum Gasteiger partial charge on any atom is 0.340 e. The van der Waals surface area contributed by atoms with Crippen molar-refractivity contribution >= 4 is 30.7 Å². The Hall–Kier alpha value is 0.0600. The number of nitrogens with zero attached hydrogens (tertiary/aromatic N) is 2. The van der Waals surface area contributed by atoms with Gasteiger partial charge in [-0.25, -0.2) is 0 Å². The van der Waals surface area contributed by atoms with Gasteiger partial charge in [0, 0.05) is 0 Å². The van der Waals surface area contributed by atoms with E-state index < -0.39 is 7.60 Å². The van der Waals surface area contributed by atoms with Gasteiger partial charge in [0.1, 0.15) is 11.0 Å². The van der Waals surface area contributed by atoms with E-state index in [1.807, 2.05) is 0 Å². The molecule has 0 saturated carbocycles. The number of aromatic nitrogens is 2. The molecule has 15 heavy (non-hydrogen) atoms. The minimum absolute atomic E-state index is 0.282. The first kappa shape index (κ1) is 13.1. The van der Waals surface area contributed by atoms with Gasteiger partial charge in [-0.3, -0.25) is 4.57 Å². The monoisotopic (exact) mass is 268 g/mol. The molecule has 0 fully saturated rings. The minimum Gasteiger partial charge on any atom is -0.308 e. The molecule has 8 heteroatoms. The van der Waals surface area contributed by atoms with Gasteiger partial charge < -0.3 is 9.05 Å². The highest BCUT2D eigenvalue weighted by atomic mass is 32.2. The minimum atomic E-state index is -2.96. The molecular weight excluding hydrogens is 255 g/mol. The van der Waals surface area contributed by atoms with E-state index >= 15 is 0 Å². The molecule has 1 heterocycles. The first-order valence-corrected chi connectivity index (χ1v) is 8.06. The van der Waals surface area contributed by atoms with E-state index in [2.05, 4.69) is 10.2 Å². The quantitative estimate of drug-likeness (QED) is 0.559. The van der Waals surface area contributed by atoms with E-state index in [0.29, 0.717) is 13.2 Å². The molecule has 0 unspecified atom stereocenters. The summed E-state index contributed by atoms with van der Waals surface area (Å²) in [6, 6.07) is 0. The lowest BCUT2D eigenvalue weighted by molar-refractivity contribution is 0.224. The van der Waals surface area contributed by atoms with E-state index in [-0.39, 0.29) is 5.49 Å². The Morgan fingerprint density at radius 1 is 1.47 bits per heavy atom. The third-order valence-corrected chi connectivity index (χ3v) is 5.88. The van der Waals surface area contributed by atoms with E-state index in [9.17, 15) is 4.57 Å². The first-order valence-electron chi connectivity index (χ1n) is 4.47. The lowest BCUT2D eigenvalue weighted by atomic mass is 10.9. The fraction of sp³-hybridized carbons (Fsp3) is 0.714. The van der Waals surface area contributed by atoms with Crippen molar-refractivity contribution in [2.45, 2.75) is 18.2 Å². The van der Waals surface area contributed by atoms with Gasteiger partial charge in [0.05, 0.1) is 13.2 Å². The van der Waals surface area contributed by atoms with Crippen LogP contribution in [0.1, 0.15) is 13.8 Å². The molecule has 1 aromatic heterocycles. The van der Waals surface area contributed by atoms with Crippen LogP contribution in [0.15, 0.2) is 9.85 Å². The summed E-state index contributed by atoms with van der Waals surface area (Å²) >= 11 is 2.75. The second-order valence-corrected chi connectivity index (χ2v) is 6.96. The molecule has 5 nitrogen and oxygen atoms in total. The predicted octanol–water partition coefficient (Wildman–Crippen LogP) is 2.85. The van der Waals surface area contributed by atoms with Gasteiger partial charge in [-0.2, -0.15) is 0 Å². The summed E-state index contributed by atoms with van der Waals surface area (Å²) in [7, 11) is -2.96. The van der Waals surface area contributed by atoms with Crippen molar-refractivity contribution in [1.82, 2.24) is 10.2 Å². The van der Waals surface area contributed by atoms with Crippen LogP contribution in [0.3, 0.4) is 0 Å². The molecule has 1 rings (SSSR count). The van der Waals surface area contributed by atoms with Crippen molar-refractivity contribution in [3.8, 4) is 0 Å². The Bertz CT molecular complexity index is 310. The molecule has 0 aliphatic rings. The van der Waals surface area contributed by atoms with E-state index in [0.717, 1.165) is 4.34 Å². The summed E-state index contributed by atoms with van der Waals surface area (Å²) in [5.74, 6) is 0. The summed E-state index contributed by atoms with van der Waals surface area (Å²) in [5, 5.41) is 7.53. The smallest absolute Gasteiger partial charge is 0.308 e. The lowest BCUT2D eigenvalue weighted by Gasteiger charge is -2.15. The zero-order valence-electron chi connectivity index (χ0n) is 8.58. The molecule has 0 bridgehead atoms. The van der Waals surface area contributed by atoms with Gasteiger partial charge in [0.25, 0.3) is 0 Å². The summed E-state index contributed by atoms with van der Waals surface area (Å²) < 4.78 is 23.0. The Morgan fingerprint density at radius 3 is 2.60 bits per heavy atom. The van der Waals surface area contributed by atoms with Gasteiger partial charge in [-0.05, 0) is 13.8 Å². The third kappa shape index (κ3) is 4.61. The highest BCUT2D eigenvalue weighted by molar-refractivity contribution is 8.05. The topological polar surface area (TPSA) is 61.3 Å². The summed E-state index contributed by atoms with van der Waals surface area (Å²) in [5.41, 5.74) is 1.92. The van der Waals surface area contributed by atoms with Gasteiger partial charge in [-0.15, -0.1) is 10.2 Å². The van der Waals surface area contributed by atoms with Crippen molar-refractivity contribution in [2.75, 3.05) is 18.7 Å². The summed E-state index contributed by atoms with van der Waals surface area (Å²) in [6.07, 6.45) is 0. The molecule has 0 aromatic carbocycles. The van der Waals surface area contributed by atoms with Gasteiger partial charge in [0.15, 0.2) is 4.34 Å². The molecule has 0 atom stereocenters. The van der Waals surface area contributed by atoms with Crippen LogP contribution >= 0.6 is 30.7 Å². The highest BCUT2D eigenvalue weighted by Gasteiger charge is 2.24. The fourth-order valence-corrected chi connectivity index (χ4v) is 4.66. The molecule has 86 valence electrons. The molecule has 0 aliphatic heterocycles. The standard InChI is InChI=1S/C7H13N2O3PS2/c1-3-11-13(10,12-4-2)6-15-7-9-8-5-14-7/h5H,3-4,6H2,1-2H3. The Balaban J connectivity index is 2.48. The maximum atomic E-state index is 12.0. The third-order valence-electron chi connectivity index (χ3n) is 1.34. The van der Waals surface area contributed by atoms with E-state index in [1.54, 1.807) is 19.4 Å². The lowest BCUT2D eigenvalue weighted by Crippen LogP contribution is -1.97. The average Bonchev–Trinajstić information content (AvgIpc) is 2.68. The van der Waals surface area contributed by atoms with Crippen LogP contribution in [-0.4, -0.2) is 28.9 Å². The van der Waals surface area contributed by atoms with Crippen molar-refractivity contribution < 1.29 is 13.6 Å².